The number of carbonyl (C=O) groups excluding carboxylic acids is 1. The SMILES string of the molecule is Cc1nc2c(C)cccn2c1C(=O)Nc1cccc(Cl)c1Cl. The minimum atomic E-state index is -0.278. The van der Waals surface area contributed by atoms with Crippen molar-refractivity contribution in [2.75, 3.05) is 5.32 Å². The Bertz CT molecular complexity index is 886. The standard InChI is InChI=1S/C16H13Cl2N3O/c1-9-5-4-8-21-14(10(2)19-15(9)21)16(22)20-12-7-3-6-11(17)13(12)18/h3-8H,1-2H3,(H,20,22). The Kier molecular flexibility index (Phi) is 3.81. The second-order valence-corrected chi connectivity index (χ2v) is 5.77. The summed E-state index contributed by atoms with van der Waals surface area (Å²) >= 11 is 12.1. The van der Waals surface area contributed by atoms with Crippen molar-refractivity contribution in [2.24, 2.45) is 0 Å². The van der Waals surface area contributed by atoms with Gasteiger partial charge in [-0.2, -0.15) is 0 Å². The predicted molar refractivity (Wildman–Crippen MR) is 89.1 cm³/mol. The van der Waals surface area contributed by atoms with E-state index in [9.17, 15) is 4.79 Å². The predicted octanol–water partition coefficient (Wildman–Crippen LogP) is 4.51. The number of pyridine rings is 1. The number of hydrogen-bond donors (Lipinski definition) is 1. The second-order valence-electron chi connectivity index (χ2n) is 4.99. The van der Waals surface area contributed by atoms with Crippen molar-refractivity contribution in [3.63, 3.8) is 0 Å². The minimum Gasteiger partial charge on any atom is -0.319 e. The number of amides is 1. The van der Waals surface area contributed by atoms with Crippen LogP contribution in [-0.4, -0.2) is 15.3 Å². The van der Waals surface area contributed by atoms with Crippen LogP contribution in [0, 0.1) is 13.8 Å². The average Bonchev–Trinajstić information content (AvgIpc) is 2.81. The third kappa shape index (κ3) is 2.45. The number of carbonyl (C=O) groups is 1. The normalized spacial score (nSPS) is 10.9. The molecule has 0 fully saturated rings. The third-order valence-corrected chi connectivity index (χ3v) is 4.25. The number of aryl methyl sites for hydroxylation is 2. The lowest BCUT2D eigenvalue weighted by Crippen LogP contribution is -2.16. The van der Waals surface area contributed by atoms with Gasteiger partial charge in [0.1, 0.15) is 11.3 Å². The summed E-state index contributed by atoms with van der Waals surface area (Å²) in [6.07, 6.45) is 1.82. The Morgan fingerprint density at radius 2 is 1.95 bits per heavy atom. The van der Waals surface area contributed by atoms with Crippen LogP contribution in [-0.2, 0) is 0 Å². The molecule has 0 aliphatic rings. The molecule has 22 heavy (non-hydrogen) atoms. The van der Waals surface area contributed by atoms with Crippen molar-refractivity contribution >= 4 is 40.4 Å². The van der Waals surface area contributed by atoms with Crippen LogP contribution in [0.2, 0.25) is 10.0 Å². The van der Waals surface area contributed by atoms with Crippen molar-refractivity contribution in [2.45, 2.75) is 13.8 Å². The quantitative estimate of drug-likeness (QED) is 0.749. The van der Waals surface area contributed by atoms with Crippen molar-refractivity contribution < 1.29 is 4.79 Å². The molecule has 0 aliphatic heterocycles. The summed E-state index contributed by atoms with van der Waals surface area (Å²) < 4.78 is 1.78. The van der Waals surface area contributed by atoms with E-state index in [1.165, 1.54) is 0 Å². The van der Waals surface area contributed by atoms with Crippen molar-refractivity contribution in [3.05, 3.63) is 63.5 Å². The average molecular weight is 334 g/mol. The maximum atomic E-state index is 12.6. The molecule has 0 bridgehead atoms. The highest BCUT2D eigenvalue weighted by Crippen LogP contribution is 2.30. The van der Waals surface area contributed by atoms with Gasteiger partial charge < -0.3 is 5.32 Å². The van der Waals surface area contributed by atoms with Gasteiger partial charge in [-0.05, 0) is 37.6 Å². The van der Waals surface area contributed by atoms with E-state index in [2.05, 4.69) is 10.3 Å². The molecule has 3 rings (SSSR count). The first-order chi connectivity index (χ1) is 10.5. The van der Waals surface area contributed by atoms with E-state index in [4.69, 9.17) is 23.2 Å². The summed E-state index contributed by atoms with van der Waals surface area (Å²) in [7, 11) is 0. The molecule has 0 atom stereocenters. The van der Waals surface area contributed by atoms with E-state index in [0.717, 1.165) is 11.2 Å². The summed E-state index contributed by atoms with van der Waals surface area (Å²) in [6, 6.07) is 8.94. The summed E-state index contributed by atoms with van der Waals surface area (Å²) in [4.78, 5) is 17.1. The second kappa shape index (κ2) is 5.63. The molecule has 0 radical (unpaired) electrons. The summed E-state index contributed by atoms with van der Waals surface area (Å²) in [5, 5.41) is 3.50. The van der Waals surface area contributed by atoms with E-state index in [1.54, 1.807) is 29.5 Å². The molecular weight excluding hydrogens is 321 g/mol. The van der Waals surface area contributed by atoms with Crippen molar-refractivity contribution in [1.29, 1.82) is 0 Å². The Hall–Kier alpha value is -2.04. The number of nitrogens with one attached hydrogen (secondary N) is 1. The van der Waals surface area contributed by atoms with Gasteiger partial charge in [-0.3, -0.25) is 9.20 Å². The lowest BCUT2D eigenvalue weighted by Gasteiger charge is -2.09. The van der Waals surface area contributed by atoms with Gasteiger partial charge in [0.05, 0.1) is 21.4 Å². The summed E-state index contributed by atoms with van der Waals surface area (Å²) in [6.45, 7) is 3.76. The van der Waals surface area contributed by atoms with E-state index >= 15 is 0 Å². The maximum Gasteiger partial charge on any atom is 0.274 e. The lowest BCUT2D eigenvalue weighted by molar-refractivity contribution is 0.102. The highest BCUT2D eigenvalue weighted by molar-refractivity contribution is 6.44. The molecule has 0 saturated carbocycles. The van der Waals surface area contributed by atoms with Crippen molar-refractivity contribution in [1.82, 2.24) is 9.38 Å². The molecule has 0 aliphatic carbocycles. The first-order valence-corrected chi connectivity index (χ1v) is 7.44. The van der Waals surface area contributed by atoms with Gasteiger partial charge in [0.15, 0.2) is 0 Å². The highest BCUT2D eigenvalue weighted by Gasteiger charge is 2.18. The van der Waals surface area contributed by atoms with Crippen LogP contribution < -0.4 is 5.32 Å². The van der Waals surface area contributed by atoms with Crippen LogP contribution in [0.3, 0.4) is 0 Å². The van der Waals surface area contributed by atoms with E-state index < -0.39 is 0 Å². The number of benzene rings is 1. The van der Waals surface area contributed by atoms with Crippen LogP contribution in [0.15, 0.2) is 36.5 Å². The van der Waals surface area contributed by atoms with Gasteiger partial charge in [0.25, 0.3) is 5.91 Å². The first kappa shape index (κ1) is 14.9. The number of nitrogens with zero attached hydrogens (tertiary/aromatic N) is 2. The fraction of sp³-hybridized carbons (Fsp3) is 0.125. The highest BCUT2D eigenvalue weighted by atomic mass is 35.5. The summed E-state index contributed by atoms with van der Waals surface area (Å²) in [5.41, 5.74) is 3.38. The molecule has 1 aromatic carbocycles. The first-order valence-electron chi connectivity index (χ1n) is 6.68. The third-order valence-electron chi connectivity index (χ3n) is 3.43. The molecule has 1 N–H and O–H groups in total. The molecule has 0 unspecified atom stereocenters. The van der Waals surface area contributed by atoms with Crippen molar-refractivity contribution in [3.8, 4) is 0 Å². The van der Waals surface area contributed by atoms with Gasteiger partial charge in [-0.25, -0.2) is 4.98 Å². The largest absolute Gasteiger partial charge is 0.319 e. The number of anilines is 1. The lowest BCUT2D eigenvalue weighted by atomic mass is 10.2. The van der Waals surface area contributed by atoms with Crippen LogP contribution in [0.25, 0.3) is 5.65 Å². The fourth-order valence-electron chi connectivity index (χ4n) is 2.37. The molecule has 2 aromatic heterocycles. The number of imidazole rings is 1. The Labute approximate surface area is 137 Å². The maximum absolute atomic E-state index is 12.6. The molecule has 0 spiro atoms. The molecule has 4 nitrogen and oxygen atoms in total. The topological polar surface area (TPSA) is 46.4 Å². The molecular formula is C16H13Cl2N3O. The van der Waals surface area contributed by atoms with E-state index in [0.29, 0.717) is 27.1 Å². The van der Waals surface area contributed by atoms with Crippen LogP contribution in [0.1, 0.15) is 21.7 Å². The molecule has 6 heteroatoms. The zero-order valence-corrected chi connectivity index (χ0v) is 13.5. The van der Waals surface area contributed by atoms with Crippen LogP contribution in [0.5, 0.6) is 0 Å². The zero-order valence-electron chi connectivity index (χ0n) is 12.0. The van der Waals surface area contributed by atoms with Gasteiger partial charge in [0.2, 0.25) is 0 Å². The van der Waals surface area contributed by atoms with E-state index in [-0.39, 0.29) is 5.91 Å². The van der Waals surface area contributed by atoms with Gasteiger partial charge >= 0.3 is 0 Å². The van der Waals surface area contributed by atoms with Gasteiger partial charge in [-0.15, -0.1) is 0 Å². The molecule has 0 saturated heterocycles. The van der Waals surface area contributed by atoms with E-state index in [1.807, 2.05) is 25.3 Å². The molecule has 112 valence electrons. The summed E-state index contributed by atoms with van der Waals surface area (Å²) in [5.74, 6) is -0.278. The van der Waals surface area contributed by atoms with Crippen LogP contribution in [0.4, 0.5) is 5.69 Å². The number of aromatic nitrogens is 2. The van der Waals surface area contributed by atoms with Gasteiger partial charge in [0, 0.05) is 6.20 Å². The Balaban J connectivity index is 2.05. The Morgan fingerprint density at radius 3 is 2.73 bits per heavy atom. The monoisotopic (exact) mass is 333 g/mol. The number of fused-ring (bicyclic) bond motifs is 1. The number of halogens is 2. The fourth-order valence-corrected chi connectivity index (χ4v) is 2.72. The number of rotatable bonds is 2. The molecule has 1 amide bonds. The smallest absolute Gasteiger partial charge is 0.274 e. The minimum absolute atomic E-state index is 0.278. The van der Waals surface area contributed by atoms with Gasteiger partial charge in [-0.1, -0.05) is 35.3 Å². The Morgan fingerprint density at radius 1 is 1.18 bits per heavy atom. The van der Waals surface area contributed by atoms with Crippen LogP contribution >= 0.6 is 23.2 Å². The zero-order chi connectivity index (χ0) is 15.9. The molecule has 3 aromatic rings. The number of hydrogen-bond acceptors (Lipinski definition) is 2. The molecule has 2 heterocycles.